The van der Waals surface area contributed by atoms with Crippen molar-refractivity contribution in [3.63, 3.8) is 0 Å². The Labute approximate surface area is 140 Å². The third-order valence-electron chi connectivity index (χ3n) is 3.66. The van der Waals surface area contributed by atoms with Crippen molar-refractivity contribution in [1.29, 1.82) is 0 Å². The number of benzene rings is 2. The average Bonchev–Trinajstić information content (AvgIpc) is 2.86. The van der Waals surface area contributed by atoms with E-state index in [0.29, 0.717) is 18.2 Å². The standard InChI is InChI=1S/C18H20N4O2/c1-4-24-17-15-11-14(9-10-16(15)22(3)21-17)20-18(23)19-13-7-5-12(2)6-8-13/h5-11H,4H2,1-3H3,(H2,19,20,23). The maximum absolute atomic E-state index is 12.1. The number of anilines is 2. The third kappa shape index (κ3) is 3.32. The normalized spacial score (nSPS) is 10.6. The molecule has 24 heavy (non-hydrogen) atoms. The number of carbonyl (C=O) groups excluding carboxylic acids is 1. The van der Waals surface area contributed by atoms with E-state index in [1.807, 2.05) is 63.4 Å². The highest BCUT2D eigenvalue weighted by atomic mass is 16.5. The lowest BCUT2D eigenvalue weighted by Gasteiger charge is -2.08. The first kappa shape index (κ1) is 15.9. The van der Waals surface area contributed by atoms with Crippen LogP contribution in [0.5, 0.6) is 5.88 Å². The number of hydrogen-bond donors (Lipinski definition) is 2. The van der Waals surface area contributed by atoms with Gasteiger partial charge < -0.3 is 15.4 Å². The van der Waals surface area contributed by atoms with Gasteiger partial charge in [-0.3, -0.25) is 4.68 Å². The summed E-state index contributed by atoms with van der Waals surface area (Å²) in [5, 5.41) is 10.9. The van der Waals surface area contributed by atoms with Crippen molar-refractivity contribution in [2.45, 2.75) is 13.8 Å². The molecule has 2 aromatic carbocycles. The molecule has 0 saturated carbocycles. The molecule has 3 aromatic rings. The van der Waals surface area contributed by atoms with Crippen molar-refractivity contribution < 1.29 is 9.53 Å². The molecule has 3 rings (SSSR count). The van der Waals surface area contributed by atoms with Crippen LogP contribution in [-0.2, 0) is 7.05 Å². The van der Waals surface area contributed by atoms with Crippen LogP contribution in [0.1, 0.15) is 12.5 Å². The van der Waals surface area contributed by atoms with Gasteiger partial charge in [-0.25, -0.2) is 4.79 Å². The van der Waals surface area contributed by atoms with Crippen LogP contribution in [0.3, 0.4) is 0 Å². The topological polar surface area (TPSA) is 68.2 Å². The van der Waals surface area contributed by atoms with Gasteiger partial charge in [0.2, 0.25) is 5.88 Å². The zero-order chi connectivity index (χ0) is 17.1. The number of nitrogens with one attached hydrogen (secondary N) is 2. The maximum Gasteiger partial charge on any atom is 0.323 e. The minimum Gasteiger partial charge on any atom is -0.476 e. The molecule has 0 saturated heterocycles. The van der Waals surface area contributed by atoms with E-state index in [1.165, 1.54) is 0 Å². The van der Waals surface area contributed by atoms with Crippen LogP contribution in [0, 0.1) is 6.92 Å². The van der Waals surface area contributed by atoms with Gasteiger partial charge in [-0.1, -0.05) is 17.7 Å². The van der Waals surface area contributed by atoms with Crippen molar-refractivity contribution in [1.82, 2.24) is 9.78 Å². The zero-order valence-electron chi connectivity index (χ0n) is 14.0. The number of fused-ring (bicyclic) bond motifs is 1. The molecule has 0 bridgehead atoms. The number of carbonyl (C=O) groups is 1. The largest absolute Gasteiger partial charge is 0.476 e. The summed E-state index contributed by atoms with van der Waals surface area (Å²) in [6.07, 6.45) is 0. The lowest BCUT2D eigenvalue weighted by Crippen LogP contribution is -2.19. The SMILES string of the molecule is CCOc1nn(C)c2ccc(NC(=O)Nc3ccc(C)cc3)cc12. The Hall–Kier alpha value is -3.02. The molecule has 124 valence electrons. The molecule has 2 N–H and O–H groups in total. The van der Waals surface area contributed by atoms with Crippen LogP contribution in [0.25, 0.3) is 10.9 Å². The van der Waals surface area contributed by atoms with Gasteiger partial charge in [0.1, 0.15) is 0 Å². The Morgan fingerprint density at radius 1 is 1.12 bits per heavy atom. The maximum atomic E-state index is 12.1. The first-order valence-corrected chi connectivity index (χ1v) is 7.81. The molecule has 0 radical (unpaired) electrons. The molecule has 0 aliphatic carbocycles. The highest BCUT2D eigenvalue weighted by Crippen LogP contribution is 2.27. The van der Waals surface area contributed by atoms with E-state index in [2.05, 4.69) is 15.7 Å². The quantitative estimate of drug-likeness (QED) is 0.764. The van der Waals surface area contributed by atoms with E-state index in [0.717, 1.165) is 22.2 Å². The number of ether oxygens (including phenoxy) is 1. The van der Waals surface area contributed by atoms with Gasteiger partial charge in [0.25, 0.3) is 0 Å². The van der Waals surface area contributed by atoms with Crippen LogP contribution < -0.4 is 15.4 Å². The van der Waals surface area contributed by atoms with Crippen molar-refractivity contribution in [2.24, 2.45) is 7.05 Å². The Balaban J connectivity index is 1.78. The highest BCUT2D eigenvalue weighted by Gasteiger charge is 2.11. The van der Waals surface area contributed by atoms with Gasteiger partial charge >= 0.3 is 6.03 Å². The number of aromatic nitrogens is 2. The van der Waals surface area contributed by atoms with Crippen LogP contribution in [0.4, 0.5) is 16.2 Å². The van der Waals surface area contributed by atoms with E-state index < -0.39 is 0 Å². The first-order chi connectivity index (χ1) is 11.6. The highest BCUT2D eigenvalue weighted by molar-refractivity contribution is 6.01. The molecule has 6 nitrogen and oxygen atoms in total. The van der Waals surface area contributed by atoms with E-state index in [1.54, 1.807) is 4.68 Å². The summed E-state index contributed by atoms with van der Waals surface area (Å²) in [6.45, 7) is 4.46. The second kappa shape index (κ2) is 6.62. The smallest absolute Gasteiger partial charge is 0.323 e. The predicted octanol–water partition coefficient (Wildman–Crippen LogP) is 3.92. The number of rotatable bonds is 4. The van der Waals surface area contributed by atoms with Crippen molar-refractivity contribution in [3.05, 3.63) is 48.0 Å². The molecule has 0 spiro atoms. The fourth-order valence-corrected chi connectivity index (χ4v) is 2.48. The van der Waals surface area contributed by atoms with Gasteiger partial charge in [0.15, 0.2) is 0 Å². The molecule has 1 aromatic heterocycles. The van der Waals surface area contributed by atoms with Gasteiger partial charge in [0.05, 0.1) is 17.5 Å². The molecule has 2 amide bonds. The summed E-state index contributed by atoms with van der Waals surface area (Å²) in [5.74, 6) is 0.567. The molecule has 0 fully saturated rings. The summed E-state index contributed by atoms with van der Waals surface area (Å²) < 4.78 is 7.31. The fourth-order valence-electron chi connectivity index (χ4n) is 2.48. The monoisotopic (exact) mass is 324 g/mol. The van der Waals surface area contributed by atoms with Crippen molar-refractivity contribution in [3.8, 4) is 5.88 Å². The Morgan fingerprint density at radius 2 is 1.79 bits per heavy atom. The molecule has 6 heteroatoms. The van der Waals surface area contributed by atoms with E-state index in [-0.39, 0.29) is 6.03 Å². The summed E-state index contributed by atoms with van der Waals surface area (Å²) in [7, 11) is 1.86. The summed E-state index contributed by atoms with van der Waals surface area (Å²) in [4.78, 5) is 12.1. The lowest BCUT2D eigenvalue weighted by atomic mass is 10.2. The van der Waals surface area contributed by atoms with Crippen LogP contribution >= 0.6 is 0 Å². The third-order valence-corrected chi connectivity index (χ3v) is 3.66. The second-order valence-corrected chi connectivity index (χ2v) is 5.54. The Morgan fingerprint density at radius 3 is 2.50 bits per heavy atom. The summed E-state index contributed by atoms with van der Waals surface area (Å²) in [6, 6.07) is 13.0. The van der Waals surface area contributed by atoms with Crippen molar-refractivity contribution >= 4 is 28.3 Å². The van der Waals surface area contributed by atoms with Crippen LogP contribution in [0.2, 0.25) is 0 Å². The molecular weight excluding hydrogens is 304 g/mol. The van der Waals surface area contributed by atoms with Gasteiger partial charge in [-0.15, -0.1) is 5.10 Å². The van der Waals surface area contributed by atoms with Crippen molar-refractivity contribution in [2.75, 3.05) is 17.2 Å². The average molecular weight is 324 g/mol. The number of aryl methyl sites for hydroxylation is 2. The minimum absolute atomic E-state index is 0.292. The molecule has 0 atom stereocenters. The van der Waals surface area contributed by atoms with E-state index >= 15 is 0 Å². The zero-order valence-corrected chi connectivity index (χ0v) is 14.0. The predicted molar refractivity (Wildman–Crippen MR) is 95.7 cm³/mol. The lowest BCUT2D eigenvalue weighted by molar-refractivity contribution is 0.262. The summed E-state index contributed by atoms with van der Waals surface area (Å²) in [5.41, 5.74) is 3.52. The summed E-state index contributed by atoms with van der Waals surface area (Å²) >= 11 is 0. The minimum atomic E-state index is -0.292. The molecule has 0 unspecified atom stereocenters. The Bertz CT molecular complexity index is 869. The number of hydrogen-bond acceptors (Lipinski definition) is 3. The number of amides is 2. The molecular formula is C18H20N4O2. The second-order valence-electron chi connectivity index (χ2n) is 5.54. The Kier molecular flexibility index (Phi) is 4.37. The van der Waals surface area contributed by atoms with E-state index in [9.17, 15) is 4.79 Å². The van der Waals surface area contributed by atoms with Gasteiger partial charge in [-0.05, 0) is 44.2 Å². The number of nitrogens with zero attached hydrogens (tertiary/aromatic N) is 2. The molecule has 0 aliphatic heterocycles. The van der Waals surface area contributed by atoms with Crippen LogP contribution in [-0.4, -0.2) is 22.4 Å². The van der Waals surface area contributed by atoms with Crippen LogP contribution in [0.15, 0.2) is 42.5 Å². The number of urea groups is 1. The van der Waals surface area contributed by atoms with E-state index in [4.69, 9.17) is 4.74 Å². The first-order valence-electron chi connectivity index (χ1n) is 7.81. The molecule has 0 aliphatic rings. The van der Waals surface area contributed by atoms with Gasteiger partial charge in [-0.2, -0.15) is 0 Å². The fraction of sp³-hybridized carbons (Fsp3) is 0.222. The molecule has 1 heterocycles. The van der Waals surface area contributed by atoms with Gasteiger partial charge in [0, 0.05) is 18.4 Å².